The second-order valence-corrected chi connectivity index (χ2v) is 4.67. The number of aliphatic imine (C=N–C) groups is 1. The van der Waals surface area contributed by atoms with Crippen molar-refractivity contribution < 1.29 is 0 Å². The maximum atomic E-state index is 4.18. The molecule has 3 nitrogen and oxygen atoms in total. The van der Waals surface area contributed by atoms with Crippen LogP contribution in [0.5, 0.6) is 0 Å². The van der Waals surface area contributed by atoms with Gasteiger partial charge in [0.1, 0.15) is 6.34 Å². The predicted molar refractivity (Wildman–Crippen MR) is 55.1 cm³/mol. The Morgan fingerprint density at radius 3 is 2.75 bits per heavy atom. The molecule has 0 N–H and O–H groups in total. The van der Waals surface area contributed by atoms with Gasteiger partial charge in [-0.25, -0.2) is 0 Å². The van der Waals surface area contributed by atoms with Gasteiger partial charge in [0.15, 0.2) is 0 Å². The molecule has 0 bridgehead atoms. The average molecular weight is 183 g/mol. The number of hydrogen-bond acceptors (Lipinski definition) is 3. The summed E-state index contributed by atoms with van der Waals surface area (Å²) in [6.45, 7) is 1.96. The van der Waals surface area contributed by atoms with Crippen molar-refractivity contribution in [2.24, 2.45) is 4.99 Å². The van der Waals surface area contributed by atoms with Crippen molar-refractivity contribution in [2.45, 2.75) is 0 Å². The molecule has 66 valence electrons. The van der Waals surface area contributed by atoms with Gasteiger partial charge in [-0.3, -0.25) is 10.0 Å². The van der Waals surface area contributed by atoms with Crippen LogP contribution in [0.3, 0.4) is 0 Å². The van der Waals surface area contributed by atoms with Crippen molar-refractivity contribution in [1.29, 1.82) is 0 Å². The quantitative estimate of drug-likeness (QED) is 0.647. The Balaban J connectivity index is 1.99. The number of hydrogen-bond donors (Lipinski definition) is 1. The highest BCUT2D eigenvalue weighted by atomic mass is 32.2. The number of rotatable bonds is 2. The zero-order valence-electron chi connectivity index (χ0n) is 7.09. The van der Waals surface area contributed by atoms with Crippen molar-refractivity contribution in [3.63, 3.8) is 0 Å². The Hall–Kier alpha value is -0.740. The third kappa shape index (κ3) is 1.40. The highest BCUT2D eigenvalue weighted by molar-refractivity contribution is 8.20. The molecule has 0 atom stereocenters. The van der Waals surface area contributed by atoms with Crippen LogP contribution in [-0.2, 0) is 0 Å². The molecule has 0 aromatic heterocycles. The van der Waals surface area contributed by atoms with Crippen LogP contribution in [0.2, 0.25) is 0 Å². The number of hydrazine groups is 1. The number of nitrogens with zero attached hydrogens (tertiary/aromatic N) is 3. The number of allylic oxidation sites excluding steroid dienone is 2. The van der Waals surface area contributed by atoms with Crippen molar-refractivity contribution in [3.05, 3.63) is 23.0 Å². The van der Waals surface area contributed by atoms with Crippen LogP contribution in [0.4, 0.5) is 0 Å². The molecule has 0 spiro atoms. The van der Waals surface area contributed by atoms with Gasteiger partial charge in [-0.05, 0) is 10.8 Å². The first-order chi connectivity index (χ1) is 5.88. The molecule has 0 saturated heterocycles. The summed E-state index contributed by atoms with van der Waals surface area (Å²) in [6, 6.07) is 0. The molecule has 12 heavy (non-hydrogen) atoms. The minimum atomic E-state index is -0.210. The van der Waals surface area contributed by atoms with Gasteiger partial charge in [0, 0.05) is 7.05 Å². The molecule has 4 heteroatoms. The Labute approximate surface area is 75.5 Å². The Morgan fingerprint density at radius 2 is 2.17 bits per heavy atom. The molecule has 0 radical (unpaired) electrons. The van der Waals surface area contributed by atoms with Crippen LogP contribution in [0.25, 0.3) is 0 Å². The van der Waals surface area contributed by atoms with Crippen molar-refractivity contribution >= 4 is 17.4 Å². The third-order valence-electron chi connectivity index (χ3n) is 1.97. The van der Waals surface area contributed by atoms with E-state index in [0.717, 1.165) is 13.1 Å². The monoisotopic (exact) mass is 183 g/mol. The average Bonchev–Trinajstić information content (AvgIpc) is 2.77. The standard InChI is InChI=1S/C8H13N3S/c1-10(11-5-4-9-8-11)12-6-2-3-7-12/h2-3,6-8,12H,4-5H2,1H3. The van der Waals surface area contributed by atoms with Gasteiger partial charge >= 0.3 is 0 Å². The van der Waals surface area contributed by atoms with E-state index in [1.807, 2.05) is 6.34 Å². The highest BCUT2D eigenvalue weighted by Crippen LogP contribution is 2.36. The van der Waals surface area contributed by atoms with E-state index in [9.17, 15) is 0 Å². The van der Waals surface area contributed by atoms with E-state index in [0.29, 0.717) is 0 Å². The molecule has 2 aliphatic rings. The Kier molecular flexibility index (Phi) is 2.19. The molecule has 2 rings (SSSR count). The first-order valence-electron chi connectivity index (χ1n) is 4.01. The third-order valence-corrected chi connectivity index (χ3v) is 3.82. The summed E-state index contributed by atoms with van der Waals surface area (Å²) < 4.78 is 2.26. The lowest BCUT2D eigenvalue weighted by atomic mass is 10.6. The maximum absolute atomic E-state index is 4.18. The van der Waals surface area contributed by atoms with E-state index in [1.54, 1.807) is 0 Å². The molecule has 0 saturated carbocycles. The van der Waals surface area contributed by atoms with Crippen LogP contribution in [0.15, 0.2) is 28.0 Å². The second kappa shape index (κ2) is 3.33. The SMILES string of the molecule is CN(N1C=NCC1)[SH]1C=CC=C1. The molecule has 0 fully saturated rings. The highest BCUT2D eigenvalue weighted by Gasteiger charge is 2.15. The summed E-state index contributed by atoms with van der Waals surface area (Å²) in [4.78, 5) is 4.18. The first kappa shape index (κ1) is 7.89. The molecule has 0 aliphatic carbocycles. The van der Waals surface area contributed by atoms with E-state index in [1.165, 1.54) is 0 Å². The lowest BCUT2D eigenvalue weighted by Gasteiger charge is -2.32. The predicted octanol–water partition coefficient (Wildman–Crippen LogP) is 1.13. The molecule has 0 aromatic rings. The van der Waals surface area contributed by atoms with Gasteiger partial charge in [-0.2, -0.15) is 4.41 Å². The van der Waals surface area contributed by atoms with Crippen LogP contribution < -0.4 is 0 Å². The summed E-state index contributed by atoms with van der Waals surface area (Å²) in [7, 11) is 2.11. The van der Waals surface area contributed by atoms with Gasteiger partial charge in [0.25, 0.3) is 0 Å². The molecule has 0 aromatic carbocycles. The fraction of sp³-hybridized carbons (Fsp3) is 0.375. The lowest BCUT2D eigenvalue weighted by molar-refractivity contribution is 0.226. The fourth-order valence-corrected chi connectivity index (χ4v) is 2.68. The molecule has 0 amide bonds. The van der Waals surface area contributed by atoms with Crippen molar-refractivity contribution in [2.75, 3.05) is 20.1 Å². The molecular weight excluding hydrogens is 170 g/mol. The number of thiol groups is 1. The summed E-state index contributed by atoms with van der Waals surface area (Å²) in [5, 5.41) is 6.65. The maximum Gasteiger partial charge on any atom is 0.100 e. The summed E-state index contributed by atoms with van der Waals surface area (Å²) in [6.07, 6.45) is 6.13. The van der Waals surface area contributed by atoms with Crippen molar-refractivity contribution in [3.8, 4) is 0 Å². The van der Waals surface area contributed by atoms with Gasteiger partial charge in [-0.1, -0.05) is 12.2 Å². The van der Waals surface area contributed by atoms with E-state index < -0.39 is 0 Å². The first-order valence-corrected chi connectivity index (χ1v) is 5.45. The summed E-state index contributed by atoms with van der Waals surface area (Å²) >= 11 is -0.210. The van der Waals surface area contributed by atoms with Crippen LogP contribution >= 0.6 is 11.1 Å². The Bertz CT molecular complexity index is 235. The van der Waals surface area contributed by atoms with Gasteiger partial charge in [0.05, 0.1) is 13.1 Å². The van der Waals surface area contributed by atoms with Crippen LogP contribution in [-0.4, -0.2) is 35.9 Å². The van der Waals surface area contributed by atoms with E-state index >= 15 is 0 Å². The topological polar surface area (TPSA) is 18.8 Å². The fourth-order valence-electron chi connectivity index (χ4n) is 1.24. The summed E-state index contributed by atoms with van der Waals surface area (Å²) in [5.41, 5.74) is 0. The minimum Gasteiger partial charge on any atom is -0.286 e. The van der Waals surface area contributed by atoms with Crippen LogP contribution in [0, 0.1) is 0 Å². The van der Waals surface area contributed by atoms with E-state index in [-0.39, 0.29) is 11.1 Å². The van der Waals surface area contributed by atoms with Crippen LogP contribution in [0.1, 0.15) is 0 Å². The zero-order valence-corrected chi connectivity index (χ0v) is 7.98. The summed E-state index contributed by atoms with van der Waals surface area (Å²) in [5.74, 6) is 0. The van der Waals surface area contributed by atoms with Gasteiger partial charge in [-0.15, -0.1) is 11.1 Å². The lowest BCUT2D eigenvalue weighted by Crippen LogP contribution is -2.33. The Morgan fingerprint density at radius 1 is 1.42 bits per heavy atom. The van der Waals surface area contributed by atoms with Crippen molar-refractivity contribution in [1.82, 2.24) is 9.42 Å². The normalized spacial score (nSPS) is 23.5. The molecular formula is C8H13N3S. The smallest absolute Gasteiger partial charge is 0.100 e. The molecule has 2 aliphatic heterocycles. The van der Waals surface area contributed by atoms with E-state index in [2.05, 4.69) is 44.4 Å². The molecule has 0 unspecified atom stereocenters. The van der Waals surface area contributed by atoms with Gasteiger partial charge in [0.2, 0.25) is 0 Å². The zero-order chi connectivity index (χ0) is 8.39. The van der Waals surface area contributed by atoms with Gasteiger partial charge < -0.3 is 0 Å². The molecule has 2 heterocycles. The largest absolute Gasteiger partial charge is 0.286 e. The van der Waals surface area contributed by atoms with E-state index in [4.69, 9.17) is 0 Å². The second-order valence-electron chi connectivity index (χ2n) is 2.74. The minimum absolute atomic E-state index is 0.210.